The van der Waals surface area contributed by atoms with E-state index in [-0.39, 0.29) is 30.8 Å². The summed E-state index contributed by atoms with van der Waals surface area (Å²) in [6, 6.07) is 8.43. The van der Waals surface area contributed by atoms with Gasteiger partial charge in [-0.2, -0.15) is 0 Å². The molecule has 0 spiro atoms. The summed E-state index contributed by atoms with van der Waals surface area (Å²) in [5.41, 5.74) is 0.962. The molecule has 2 rings (SSSR count). The zero-order valence-electron chi connectivity index (χ0n) is 16.1. The number of hydrogen-bond acceptors (Lipinski definition) is 6. The van der Waals surface area contributed by atoms with E-state index in [0.717, 1.165) is 0 Å². The predicted octanol–water partition coefficient (Wildman–Crippen LogP) is 1.43. The van der Waals surface area contributed by atoms with E-state index in [0.29, 0.717) is 29.4 Å². The molecule has 0 aliphatic heterocycles. The second kappa shape index (κ2) is 10.1. The van der Waals surface area contributed by atoms with E-state index in [1.54, 1.807) is 42.3 Å². The third kappa shape index (κ3) is 6.76. The van der Waals surface area contributed by atoms with Crippen molar-refractivity contribution >= 4 is 29.1 Å². The predicted molar refractivity (Wildman–Crippen MR) is 104 cm³/mol. The van der Waals surface area contributed by atoms with Crippen LogP contribution >= 0.6 is 0 Å². The summed E-state index contributed by atoms with van der Waals surface area (Å²) < 4.78 is 10.4. The number of nitrogens with one attached hydrogen (secondary N) is 3. The quantitative estimate of drug-likeness (QED) is 0.599. The van der Waals surface area contributed by atoms with E-state index in [2.05, 4.69) is 16.0 Å². The van der Waals surface area contributed by atoms with Crippen LogP contribution in [0.5, 0.6) is 5.75 Å². The number of ether oxygens (including phenoxy) is 1. The Morgan fingerprint density at radius 1 is 1.11 bits per heavy atom. The molecule has 0 aliphatic rings. The minimum atomic E-state index is -0.320. The Morgan fingerprint density at radius 2 is 1.86 bits per heavy atom. The lowest BCUT2D eigenvalue weighted by Gasteiger charge is -2.17. The summed E-state index contributed by atoms with van der Waals surface area (Å²) in [6.45, 7) is 1.74. The first-order valence-electron chi connectivity index (χ1n) is 8.60. The lowest BCUT2D eigenvalue weighted by Crippen LogP contribution is -2.38. The van der Waals surface area contributed by atoms with Crippen LogP contribution in [0.3, 0.4) is 0 Å². The van der Waals surface area contributed by atoms with Gasteiger partial charge < -0.3 is 25.1 Å². The highest BCUT2D eigenvalue weighted by atomic mass is 16.5. The lowest BCUT2D eigenvalue weighted by atomic mass is 10.2. The number of furan rings is 1. The Labute approximate surface area is 163 Å². The van der Waals surface area contributed by atoms with Gasteiger partial charge in [0.05, 0.1) is 38.7 Å². The first-order chi connectivity index (χ1) is 13.4. The average Bonchev–Trinajstić information content (AvgIpc) is 3.13. The zero-order valence-corrected chi connectivity index (χ0v) is 16.1. The summed E-state index contributed by atoms with van der Waals surface area (Å²) >= 11 is 0. The fourth-order valence-corrected chi connectivity index (χ4v) is 2.48. The SMILES string of the molecule is COc1ccc(NC(C)=O)cc1NC(=O)CN(C)CC(=O)NCc1ccco1. The lowest BCUT2D eigenvalue weighted by molar-refractivity contribution is -0.123. The number of carbonyl (C=O) groups is 3. The molecule has 1 aromatic heterocycles. The fourth-order valence-electron chi connectivity index (χ4n) is 2.48. The second-order valence-corrected chi connectivity index (χ2v) is 6.17. The molecule has 0 unspecified atom stereocenters. The molecule has 0 saturated heterocycles. The summed E-state index contributed by atoms with van der Waals surface area (Å²) in [4.78, 5) is 37.0. The van der Waals surface area contributed by atoms with E-state index >= 15 is 0 Å². The van der Waals surface area contributed by atoms with Crippen molar-refractivity contribution in [1.29, 1.82) is 0 Å². The van der Waals surface area contributed by atoms with E-state index < -0.39 is 0 Å². The molecule has 150 valence electrons. The third-order valence-corrected chi connectivity index (χ3v) is 3.66. The molecule has 0 atom stereocenters. The standard InChI is InChI=1S/C19H24N4O5/c1-13(24)21-14-6-7-17(27-3)16(9-14)22-19(26)12-23(2)11-18(25)20-10-15-5-4-8-28-15/h4-9H,10-12H2,1-3H3,(H,20,25)(H,21,24)(H,22,26). The maximum atomic E-state index is 12.3. The van der Waals surface area contributed by atoms with Crippen LogP contribution in [-0.4, -0.2) is 49.9 Å². The first-order valence-corrected chi connectivity index (χ1v) is 8.60. The molecule has 1 heterocycles. The van der Waals surface area contributed by atoms with E-state index in [4.69, 9.17) is 9.15 Å². The van der Waals surface area contributed by atoms with Crippen molar-refractivity contribution in [2.24, 2.45) is 0 Å². The van der Waals surface area contributed by atoms with Crippen molar-refractivity contribution in [3.8, 4) is 5.75 Å². The molecule has 9 heteroatoms. The van der Waals surface area contributed by atoms with Crippen molar-refractivity contribution in [2.45, 2.75) is 13.5 Å². The topological polar surface area (TPSA) is 113 Å². The van der Waals surface area contributed by atoms with Gasteiger partial charge in [-0.1, -0.05) is 0 Å². The van der Waals surface area contributed by atoms with Crippen LogP contribution in [0.4, 0.5) is 11.4 Å². The van der Waals surface area contributed by atoms with Gasteiger partial charge in [0.1, 0.15) is 11.5 Å². The fraction of sp³-hybridized carbons (Fsp3) is 0.316. The number of carbonyl (C=O) groups excluding carboxylic acids is 3. The van der Waals surface area contributed by atoms with Crippen molar-refractivity contribution in [3.63, 3.8) is 0 Å². The van der Waals surface area contributed by atoms with Crippen LogP contribution in [0.2, 0.25) is 0 Å². The van der Waals surface area contributed by atoms with Crippen molar-refractivity contribution < 1.29 is 23.5 Å². The Kier molecular flexibility index (Phi) is 7.58. The summed E-state index contributed by atoms with van der Waals surface area (Å²) in [5.74, 6) is 0.348. The van der Waals surface area contributed by atoms with Gasteiger partial charge in [0.25, 0.3) is 0 Å². The van der Waals surface area contributed by atoms with Crippen LogP contribution in [0.1, 0.15) is 12.7 Å². The molecule has 28 heavy (non-hydrogen) atoms. The molecule has 3 amide bonds. The molecule has 0 fully saturated rings. The van der Waals surface area contributed by atoms with Crippen molar-refractivity contribution in [2.75, 3.05) is 37.9 Å². The highest BCUT2D eigenvalue weighted by molar-refractivity contribution is 5.96. The summed E-state index contributed by atoms with van der Waals surface area (Å²) in [7, 11) is 3.15. The minimum Gasteiger partial charge on any atom is -0.495 e. The number of anilines is 2. The molecular formula is C19H24N4O5. The molecule has 0 radical (unpaired) electrons. The number of nitrogens with zero attached hydrogens (tertiary/aromatic N) is 1. The highest BCUT2D eigenvalue weighted by Gasteiger charge is 2.13. The smallest absolute Gasteiger partial charge is 0.238 e. The van der Waals surface area contributed by atoms with Gasteiger partial charge >= 0.3 is 0 Å². The third-order valence-electron chi connectivity index (χ3n) is 3.66. The molecular weight excluding hydrogens is 364 g/mol. The number of rotatable bonds is 9. The van der Waals surface area contributed by atoms with E-state index in [1.807, 2.05) is 0 Å². The maximum Gasteiger partial charge on any atom is 0.238 e. The maximum absolute atomic E-state index is 12.3. The summed E-state index contributed by atoms with van der Waals surface area (Å²) in [6.07, 6.45) is 1.53. The average molecular weight is 388 g/mol. The molecule has 2 aromatic rings. The second-order valence-electron chi connectivity index (χ2n) is 6.17. The number of methoxy groups -OCH3 is 1. The van der Waals surface area contributed by atoms with Gasteiger partial charge in [-0.05, 0) is 37.4 Å². The molecule has 0 bridgehead atoms. The van der Waals surface area contributed by atoms with Crippen LogP contribution in [0.15, 0.2) is 41.0 Å². The molecule has 1 aromatic carbocycles. The number of hydrogen-bond donors (Lipinski definition) is 3. The molecule has 0 aliphatic carbocycles. The van der Waals surface area contributed by atoms with Crippen LogP contribution in [0, 0.1) is 0 Å². The molecule has 9 nitrogen and oxygen atoms in total. The van der Waals surface area contributed by atoms with Crippen LogP contribution in [0.25, 0.3) is 0 Å². The van der Waals surface area contributed by atoms with Gasteiger partial charge in [-0.25, -0.2) is 0 Å². The van der Waals surface area contributed by atoms with Crippen LogP contribution < -0.4 is 20.7 Å². The first kappa shape index (κ1) is 21.0. The minimum absolute atomic E-state index is 0.00168. The Morgan fingerprint density at radius 3 is 2.50 bits per heavy atom. The van der Waals surface area contributed by atoms with Gasteiger partial charge in [-0.15, -0.1) is 0 Å². The van der Waals surface area contributed by atoms with Crippen LogP contribution in [-0.2, 0) is 20.9 Å². The largest absolute Gasteiger partial charge is 0.495 e. The Bertz CT molecular complexity index is 820. The molecule has 0 saturated carbocycles. The van der Waals surface area contributed by atoms with Gasteiger partial charge in [0, 0.05) is 12.6 Å². The van der Waals surface area contributed by atoms with Crippen molar-refractivity contribution in [1.82, 2.24) is 10.2 Å². The number of amides is 3. The monoisotopic (exact) mass is 388 g/mol. The Balaban J connectivity index is 1.86. The Hall–Kier alpha value is -3.33. The van der Waals surface area contributed by atoms with Gasteiger partial charge in [0.2, 0.25) is 17.7 Å². The number of benzene rings is 1. The van der Waals surface area contributed by atoms with Crippen molar-refractivity contribution in [3.05, 3.63) is 42.4 Å². The molecule has 3 N–H and O–H groups in total. The number of likely N-dealkylation sites (N-methyl/N-ethyl adjacent to an activating group) is 1. The normalized spacial score (nSPS) is 10.4. The van der Waals surface area contributed by atoms with E-state index in [1.165, 1.54) is 20.3 Å². The van der Waals surface area contributed by atoms with E-state index in [9.17, 15) is 14.4 Å². The van der Waals surface area contributed by atoms with Gasteiger partial charge in [0.15, 0.2) is 0 Å². The highest BCUT2D eigenvalue weighted by Crippen LogP contribution is 2.27. The summed E-state index contributed by atoms with van der Waals surface area (Å²) in [5, 5.41) is 8.09. The zero-order chi connectivity index (χ0) is 20.5. The van der Waals surface area contributed by atoms with Gasteiger partial charge in [-0.3, -0.25) is 19.3 Å².